The average molecular weight is 279 g/mol. The SMILES string of the molecule is CNC(=O)C1CN(C(=O)Cn2ccccc2=O)CCO1. The summed E-state index contributed by atoms with van der Waals surface area (Å²) >= 11 is 0. The van der Waals surface area contributed by atoms with Crippen molar-refractivity contribution in [2.24, 2.45) is 0 Å². The van der Waals surface area contributed by atoms with E-state index < -0.39 is 6.10 Å². The molecule has 1 aliphatic heterocycles. The van der Waals surface area contributed by atoms with Crippen LogP contribution in [0.4, 0.5) is 0 Å². The van der Waals surface area contributed by atoms with Crippen molar-refractivity contribution < 1.29 is 14.3 Å². The van der Waals surface area contributed by atoms with Gasteiger partial charge in [-0.05, 0) is 6.07 Å². The molecule has 7 heteroatoms. The molecule has 2 rings (SSSR count). The van der Waals surface area contributed by atoms with Gasteiger partial charge in [0, 0.05) is 25.9 Å². The molecule has 1 aromatic rings. The molecule has 0 aliphatic carbocycles. The number of carbonyl (C=O) groups excluding carboxylic acids is 2. The number of aromatic nitrogens is 1. The molecule has 1 saturated heterocycles. The lowest BCUT2D eigenvalue weighted by Gasteiger charge is -2.32. The fourth-order valence-electron chi connectivity index (χ4n) is 2.03. The summed E-state index contributed by atoms with van der Waals surface area (Å²) in [6, 6.07) is 4.72. The van der Waals surface area contributed by atoms with E-state index in [1.54, 1.807) is 23.2 Å². The summed E-state index contributed by atoms with van der Waals surface area (Å²) in [5.74, 6) is -0.449. The number of nitrogens with zero attached hydrogens (tertiary/aromatic N) is 2. The van der Waals surface area contributed by atoms with Crippen molar-refractivity contribution in [2.45, 2.75) is 12.6 Å². The van der Waals surface area contributed by atoms with E-state index in [9.17, 15) is 14.4 Å². The maximum Gasteiger partial charge on any atom is 0.250 e. The Morgan fingerprint density at radius 2 is 2.25 bits per heavy atom. The van der Waals surface area contributed by atoms with Crippen LogP contribution in [0.1, 0.15) is 0 Å². The lowest BCUT2D eigenvalue weighted by molar-refractivity contribution is -0.147. The molecule has 0 saturated carbocycles. The summed E-state index contributed by atoms with van der Waals surface area (Å²) in [5.41, 5.74) is -0.225. The van der Waals surface area contributed by atoms with Crippen molar-refractivity contribution in [2.75, 3.05) is 26.7 Å². The zero-order valence-electron chi connectivity index (χ0n) is 11.2. The zero-order valence-corrected chi connectivity index (χ0v) is 11.2. The number of likely N-dealkylation sites (N-methyl/N-ethyl adjacent to an activating group) is 1. The second kappa shape index (κ2) is 6.33. The molecule has 0 bridgehead atoms. The number of ether oxygens (including phenoxy) is 1. The van der Waals surface area contributed by atoms with Crippen LogP contribution in [0.2, 0.25) is 0 Å². The second-order valence-corrected chi connectivity index (χ2v) is 4.48. The summed E-state index contributed by atoms with van der Waals surface area (Å²) in [4.78, 5) is 36.8. The minimum absolute atomic E-state index is 0.0276. The van der Waals surface area contributed by atoms with Gasteiger partial charge in [-0.1, -0.05) is 6.07 Å². The van der Waals surface area contributed by atoms with Crippen molar-refractivity contribution in [1.82, 2.24) is 14.8 Å². The van der Waals surface area contributed by atoms with Crippen molar-refractivity contribution in [1.29, 1.82) is 0 Å². The topological polar surface area (TPSA) is 80.6 Å². The molecule has 0 radical (unpaired) electrons. The minimum atomic E-state index is -0.648. The van der Waals surface area contributed by atoms with E-state index in [1.165, 1.54) is 17.7 Å². The highest BCUT2D eigenvalue weighted by molar-refractivity contribution is 5.82. The van der Waals surface area contributed by atoms with Gasteiger partial charge in [-0.3, -0.25) is 14.4 Å². The van der Waals surface area contributed by atoms with Crippen molar-refractivity contribution in [3.63, 3.8) is 0 Å². The summed E-state index contributed by atoms with van der Waals surface area (Å²) in [5, 5.41) is 2.50. The van der Waals surface area contributed by atoms with Gasteiger partial charge in [0.15, 0.2) is 6.10 Å². The van der Waals surface area contributed by atoms with Gasteiger partial charge in [-0.15, -0.1) is 0 Å². The molecule has 20 heavy (non-hydrogen) atoms. The third kappa shape index (κ3) is 3.24. The van der Waals surface area contributed by atoms with Crippen LogP contribution in [-0.2, 0) is 20.9 Å². The van der Waals surface area contributed by atoms with Crippen LogP contribution >= 0.6 is 0 Å². The predicted octanol–water partition coefficient (Wildman–Crippen LogP) is -1.18. The van der Waals surface area contributed by atoms with Crippen LogP contribution in [-0.4, -0.2) is 54.1 Å². The smallest absolute Gasteiger partial charge is 0.250 e. The monoisotopic (exact) mass is 279 g/mol. The highest BCUT2D eigenvalue weighted by atomic mass is 16.5. The van der Waals surface area contributed by atoms with Crippen molar-refractivity contribution >= 4 is 11.8 Å². The number of pyridine rings is 1. The van der Waals surface area contributed by atoms with Crippen LogP contribution < -0.4 is 10.9 Å². The molecule has 1 aliphatic rings. The maximum atomic E-state index is 12.2. The number of amides is 2. The van der Waals surface area contributed by atoms with Gasteiger partial charge in [-0.2, -0.15) is 0 Å². The largest absolute Gasteiger partial charge is 0.365 e. The summed E-state index contributed by atoms with van der Waals surface area (Å²) in [6.45, 7) is 0.918. The van der Waals surface area contributed by atoms with Crippen LogP contribution in [0, 0.1) is 0 Å². The number of morpholine rings is 1. The fourth-order valence-corrected chi connectivity index (χ4v) is 2.03. The molecular formula is C13H17N3O4. The standard InChI is InChI=1S/C13H17N3O4/c1-14-13(19)10-8-16(6-7-20-10)12(18)9-15-5-3-2-4-11(15)17/h2-5,10H,6-9H2,1H3,(H,14,19). The Bertz CT molecular complexity index is 555. The molecule has 1 N–H and O–H groups in total. The maximum absolute atomic E-state index is 12.2. The van der Waals surface area contributed by atoms with Crippen LogP contribution in [0.3, 0.4) is 0 Å². The van der Waals surface area contributed by atoms with Gasteiger partial charge < -0.3 is 19.5 Å². The van der Waals surface area contributed by atoms with E-state index in [2.05, 4.69) is 5.32 Å². The van der Waals surface area contributed by atoms with Crippen LogP contribution in [0.25, 0.3) is 0 Å². The summed E-state index contributed by atoms with van der Waals surface area (Å²) < 4.78 is 6.65. The normalized spacial score (nSPS) is 18.6. The Morgan fingerprint density at radius 3 is 2.95 bits per heavy atom. The molecule has 1 atom stereocenters. The molecule has 108 valence electrons. The first-order valence-corrected chi connectivity index (χ1v) is 6.38. The van der Waals surface area contributed by atoms with Gasteiger partial charge in [0.25, 0.3) is 11.5 Å². The first-order chi connectivity index (χ1) is 9.61. The Balaban J connectivity index is 2.01. The molecule has 0 aromatic carbocycles. The van der Waals surface area contributed by atoms with Crippen molar-refractivity contribution in [3.05, 3.63) is 34.7 Å². The number of rotatable bonds is 3. The van der Waals surface area contributed by atoms with E-state index in [-0.39, 0.29) is 30.5 Å². The van der Waals surface area contributed by atoms with E-state index in [0.717, 1.165) is 0 Å². The Kier molecular flexibility index (Phi) is 4.52. The third-order valence-corrected chi connectivity index (χ3v) is 3.16. The average Bonchev–Trinajstić information content (AvgIpc) is 2.49. The third-order valence-electron chi connectivity index (χ3n) is 3.16. The Hall–Kier alpha value is -2.15. The number of nitrogens with one attached hydrogen (secondary N) is 1. The Labute approximate surface area is 116 Å². The first kappa shape index (κ1) is 14.3. The first-order valence-electron chi connectivity index (χ1n) is 6.38. The predicted molar refractivity (Wildman–Crippen MR) is 71.1 cm³/mol. The molecule has 1 fully saturated rings. The molecule has 1 aromatic heterocycles. The number of hydrogen-bond acceptors (Lipinski definition) is 4. The van der Waals surface area contributed by atoms with Crippen molar-refractivity contribution in [3.8, 4) is 0 Å². The van der Waals surface area contributed by atoms with E-state index in [1.807, 2.05) is 0 Å². The van der Waals surface area contributed by atoms with Gasteiger partial charge in [0.05, 0.1) is 13.2 Å². The quantitative estimate of drug-likeness (QED) is 0.755. The molecule has 2 amide bonds. The number of carbonyl (C=O) groups is 2. The lowest BCUT2D eigenvalue weighted by Crippen LogP contribution is -2.52. The Morgan fingerprint density at radius 1 is 1.45 bits per heavy atom. The van der Waals surface area contributed by atoms with Crippen LogP contribution in [0.15, 0.2) is 29.2 Å². The van der Waals surface area contributed by atoms with E-state index >= 15 is 0 Å². The molecule has 1 unspecified atom stereocenters. The molecule has 0 spiro atoms. The highest BCUT2D eigenvalue weighted by Gasteiger charge is 2.28. The molecular weight excluding hydrogens is 262 g/mol. The van der Waals surface area contributed by atoms with Gasteiger partial charge in [0.1, 0.15) is 6.54 Å². The summed E-state index contributed by atoms with van der Waals surface area (Å²) in [7, 11) is 1.52. The van der Waals surface area contributed by atoms with E-state index in [4.69, 9.17) is 4.74 Å². The van der Waals surface area contributed by atoms with Crippen LogP contribution in [0.5, 0.6) is 0 Å². The number of hydrogen-bond donors (Lipinski definition) is 1. The molecule has 2 heterocycles. The van der Waals surface area contributed by atoms with E-state index in [0.29, 0.717) is 13.2 Å². The fraction of sp³-hybridized carbons (Fsp3) is 0.462. The minimum Gasteiger partial charge on any atom is -0.365 e. The molecule has 7 nitrogen and oxygen atoms in total. The van der Waals surface area contributed by atoms with Gasteiger partial charge in [0.2, 0.25) is 5.91 Å². The van der Waals surface area contributed by atoms with Gasteiger partial charge >= 0.3 is 0 Å². The zero-order chi connectivity index (χ0) is 14.5. The summed E-state index contributed by atoms with van der Waals surface area (Å²) in [6.07, 6.45) is 0.918. The second-order valence-electron chi connectivity index (χ2n) is 4.48. The lowest BCUT2D eigenvalue weighted by atomic mass is 10.2. The van der Waals surface area contributed by atoms with Gasteiger partial charge in [-0.25, -0.2) is 0 Å². The highest BCUT2D eigenvalue weighted by Crippen LogP contribution is 2.06.